The summed E-state index contributed by atoms with van der Waals surface area (Å²) in [6, 6.07) is 0. The normalized spacial score (nSPS) is 12.8. The molecule has 0 fully saturated rings. The van der Waals surface area contributed by atoms with Crippen molar-refractivity contribution < 1.29 is 54.2 Å². The van der Waals surface area contributed by atoms with Crippen molar-refractivity contribution in [1.82, 2.24) is 0 Å². The Balaban J connectivity index is -0.000000451. The number of carbonyl (C=O) groups is 1. The second kappa shape index (κ2) is 23.1. The van der Waals surface area contributed by atoms with E-state index < -0.39 is 16.6 Å². The van der Waals surface area contributed by atoms with Crippen molar-refractivity contribution in [3.63, 3.8) is 0 Å². The van der Waals surface area contributed by atoms with Crippen LogP contribution in [0.15, 0.2) is 0 Å². The van der Waals surface area contributed by atoms with E-state index in [-0.39, 0.29) is 45.1 Å². The number of rotatable bonds is 14. The number of Topliss-reactive ketones (excluding diaryl/α,β-unsaturated/α-hetero) is 1. The number of carbonyl (C=O) groups excluding carboxylic acids is 2. The summed E-state index contributed by atoms with van der Waals surface area (Å²) >= 11 is 0. The molecule has 0 rings (SSSR count). The minimum Gasteiger partial charge on any atom is 0 e. The van der Waals surface area contributed by atoms with Crippen LogP contribution in [0.5, 0.6) is 0 Å². The van der Waals surface area contributed by atoms with Crippen LogP contribution in [0, 0.1) is 20.0 Å². The van der Waals surface area contributed by atoms with Gasteiger partial charge in [-0.2, -0.15) is 0 Å². The molecule has 0 saturated carbocycles. The molecular weight excluding hydrogens is 552 g/mol. The maximum atomic E-state index is 12.2. The molecule has 0 aliphatic rings. The Kier molecular flexibility index (Phi) is 28.8. The molecular formula is C26H47FeO8Si2-. The van der Waals surface area contributed by atoms with Gasteiger partial charge in [0.05, 0.1) is 6.10 Å². The van der Waals surface area contributed by atoms with Crippen LogP contribution in [-0.2, 0) is 54.2 Å². The van der Waals surface area contributed by atoms with Gasteiger partial charge in [0.15, 0.2) is 16.6 Å². The Hall–Kier alpha value is -0.767. The molecule has 0 aliphatic carbocycles. The molecule has 37 heavy (non-hydrogen) atoms. The van der Waals surface area contributed by atoms with Gasteiger partial charge in [-0.3, -0.25) is 4.79 Å². The van der Waals surface area contributed by atoms with Gasteiger partial charge in [-0.1, -0.05) is 48.0 Å². The number of hydrogen-bond donors (Lipinski definition) is 0. The molecule has 0 radical (unpaired) electrons. The molecule has 0 aromatic carbocycles. The van der Waals surface area contributed by atoms with E-state index >= 15 is 0 Å². The SMILES string of the molecule is C[C@H](C[C@H](CCCC(=O)CCO[Si](C)(C)C(C)(C)C)O[C-]=O)O[Si](C)(C)C(C)(C)C.[C-]#[O+].[C-]#[O+].[C-]#[O+].[Fe]. The number of ketones is 1. The van der Waals surface area contributed by atoms with Crippen LogP contribution in [0.3, 0.4) is 0 Å². The molecule has 0 saturated heterocycles. The summed E-state index contributed by atoms with van der Waals surface area (Å²) < 4.78 is 40.1. The quantitative estimate of drug-likeness (QED) is 0.132. The fourth-order valence-corrected chi connectivity index (χ4v) is 5.18. The maximum Gasteiger partial charge on any atom is 0 e. The van der Waals surface area contributed by atoms with Crippen LogP contribution in [0.1, 0.15) is 80.6 Å². The molecule has 2 atom stereocenters. The minimum absolute atomic E-state index is 0. The molecule has 0 spiro atoms. The molecule has 0 heterocycles. The number of ether oxygens (including phenoxy) is 1. The van der Waals surface area contributed by atoms with E-state index in [1.807, 2.05) is 6.92 Å². The summed E-state index contributed by atoms with van der Waals surface area (Å²) in [6.07, 6.45) is 2.63. The topological polar surface area (TPSA) is 122 Å². The van der Waals surface area contributed by atoms with E-state index in [0.717, 1.165) is 0 Å². The third-order valence-electron chi connectivity index (χ3n) is 6.74. The zero-order valence-electron chi connectivity index (χ0n) is 24.5. The predicted octanol–water partition coefficient (Wildman–Crippen LogP) is 6.28. The van der Waals surface area contributed by atoms with Crippen LogP contribution in [0.25, 0.3) is 0 Å². The van der Waals surface area contributed by atoms with E-state index in [0.29, 0.717) is 38.7 Å². The molecule has 0 amide bonds. The Bertz CT molecular complexity index is 648. The van der Waals surface area contributed by atoms with Gasteiger partial charge in [-0.25, -0.2) is 0 Å². The van der Waals surface area contributed by atoms with Crippen LogP contribution < -0.4 is 0 Å². The Morgan fingerprint density at radius 3 is 1.68 bits per heavy atom. The summed E-state index contributed by atoms with van der Waals surface area (Å²) in [6.45, 7) is 39.6. The second-order valence-electron chi connectivity index (χ2n) is 11.5. The third-order valence-corrected chi connectivity index (χ3v) is 15.9. The summed E-state index contributed by atoms with van der Waals surface area (Å²) in [5.41, 5.74) is 0. The second-order valence-corrected chi connectivity index (χ2v) is 21.1. The van der Waals surface area contributed by atoms with Crippen LogP contribution in [0.4, 0.5) is 0 Å². The van der Waals surface area contributed by atoms with E-state index in [9.17, 15) is 9.59 Å². The average Bonchev–Trinajstić information content (AvgIpc) is 2.76. The Morgan fingerprint density at radius 1 is 0.865 bits per heavy atom. The van der Waals surface area contributed by atoms with Crippen molar-refractivity contribution in [3.8, 4) is 0 Å². The molecule has 0 aromatic rings. The molecule has 0 N–H and O–H groups in total. The third kappa shape index (κ3) is 21.8. The van der Waals surface area contributed by atoms with Crippen molar-refractivity contribution in [2.45, 2.75) is 129 Å². The van der Waals surface area contributed by atoms with Crippen LogP contribution in [0.2, 0.25) is 36.3 Å². The van der Waals surface area contributed by atoms with Gasteiger partial charge in [0, 0.05) is 49.0 Å². The largest absolute Gasteiger partial charge is 0 e. The summed E-state index contributed by atoms with van der Waals surface area (Å²) in [5, 5.41) is 0.280. The van der Waals surface area contributed by atoms with Crippen molar-refractivity contribution >= 4 is 28.9 Å². The summed E-state index contributed by atoms with van der Waals surface area (Å²) in [4.78, 5) is 23.0. The summed E-state index contributed by atoms with van der Waals surface area (Å²) in [7, 11) is -3.68. The van der Waals surface area contributed by atoms with Gasteiger partial charge < -0.3 is 18.4 Å². The smallest absolute Gasteiger partial charge is 0 e. The van der Waals surface area contributed by atoms with E-state index in [4.69, 9.17) is 27.5 Å². The summed E-state index contributed by atoms with van der Waals surface area (Å²) in [5.74, 6) is 0.202. The molecule has 0 aliphatic heterocycles. The van der Waals surface area contributed by atoms with Crippen molar-refractivity contribution in [2.24, 2.45) is 0 Å². The molecule has 8 nitrogen and oxygen atoms in total. The zero-order valence-corrected chi connectivity index (χ0v) is 27.6. The Morgan fingerprint density at radius 2 is 1.30 bits per heavy atom. The standard InChI is InChI=1S/C23H47O5Si2.3CO.Fe/c1-19(28-30(10,11)23(5,6)7)17-21(26-18-24)14-12-13-20(25)15-16-27-29(8,9)22(2,3)4;3*1-2;/h19,21H,12-17H2,1-11H3;;;;/q-1;;;;/t19-,21+;;;;/m1..../s1. The molecule has 0 bridgehead atoms. The van der Waals surface area contributed by atoms with Gasteiger partial charge in [-0.15, -0.1) is 0 Å². The van der Waals surface area contributed by atoms with Gasteiger partial charge in [0.1, 0.15) is 5.78 Å². The fraction of sp³-hybridized carbons (Fsp3) is 0.808. The molecule has 216 valence electrons. The van der Waals surface area contributed by atoms with Gasteiger partial charge >= 0.3 is 33.9 Å². The predicted molar refractivity (Wildman–Crippen MR) is 141 cm³/mol. The van der Waals surface area contributed by atoms with Crippen molar-refractivity contribution in [3.05, 3.63) is 20.0 Å². The molecule has 11 heteroatoms. The zero-order chi connectivity index (χ0) is 29.8. The van der Waals surface area contributed by atoms with Gasteiger partial charge in [-0.05, 0) is 56.0 Å². The first-order valence-corrected chi connectivity index (χ1v) is 17.7. The van der Waals surface area contributed by atoms with Crippen molar-refractivity contribution in [1.29, 1.82) is 0 Å². The first kappa shape index (κ1) is 46.1. The van der Waals surface area contributed by atoms with Crippen LogP contribution >= 0.6 is 0 Å². The van der Waals surface area contributed by atoms with Crippen LogP contribution in [-0.4, -0.2) is 47.7 Å². The van der Waals surface area contributed by atoms with E-state index in [1.54, 1.807) is 6.47 Å². The fourth-order valence-electron chi connectivity index (χ4n) is 2.68. The molecule has 0 unspecified atom stereocenters. The van der Waals surface area contributed by atoms with E-state index in [1.165, 1.54) is 0 Å². The monoisotopic (exact) mass is 599 g/mol. The van der Waals surface area contributed by atoms with Gasteiger partial charge in [0.2, 0.25) is 0 Å². The average molecular weight is 600 g/mol. The Labute approximate surface area is 238 Å². The first-order chi connectivity index (χ1) is 16.4. The maximum absolute atomic E-state index is 12.2. The molecule has 0 aromatic heterocycles. The van der Waals surface area contributed by atoms with E-state index in [2.05, 4.69) is 87.7 Å². The minimum atomic E-state index is -1.87. The van der Waals surface area contributed by atoms with Gasteiger partial charge in [0.25, 0.3) is 0 Å². The number of hydrogen-bond acceptors (Lipinski definition) is 5. The first-order valence-electron chi connectivity index (χ1n) is 11.9. The van der Waals surface area contributed by atoms with Crippen molar-refractivity contribution in [2.75, 3.05) is 6.61 Å².